The van der Waals surface area contributed by atoms with Crippen molar-refractivity contribution in [3.8, 4) is 0 Å². The van der Waals surface area contributed by atoms with E-state index in [9.17, 15) is 9.70 Å². The van der Waals surface area contributed by atoms with Crippen molar-refractivity contribution in [2.75, 3.05) is 10.7 Å². The third kappa shape index (κ3) is 2.86. The topological polar surface area (TPSA) is 83.5 Å². The Morgan fingerprint density at radius 1 is 1.54 bits per heavy atom. The van der Waals surface area contributed by atoms with Crippen molar-refractivity contribution >= 4 is 17.4 Å². The van der Waals surface area contributed by atoms with E-state index in [4.69, 9.17) is 0 Å². The van der Waals surface area contributed by atoms with Gasteiger partial charge in [0.2, 0.25) is 5.91 Å². The summed E-state index contributed by atoms with van der Waals surface area (Å²) in [5.41, 5.74) is 2.66. The molecular weight excluding hydrogens is 172 g/mol. The molecule has 0 saturated heterocycles. The average Bonchev–Trinajstić information content (AvgIpc) is 2.08. The number of rotatable bonds is 3. The number of anilines is 2. The summed E-state index contributed by atoms with van der Waals surface area (Å²) in [6.45, 7) is 1.39. The molecular formula is C7H8N4O2. The van der Waals surface area contributed by atoms with Gasteiger partial charge < -0.3 is 5.32 Å². The van der Waals surface area contributed by atoms with Crippen LogP contribution in [-0.2, 0) is 4.79 Å². The predicted molar refractivity (Wildman–Crippen MR) is 48.0 cm³/mol. The third-order valence-corrected chi connectivity index (χ3v) is 1.24. The Hall–Kier alpha value is -1.98. The highest BCUT2D eigenvalue weighted by Gasteiger charge is 1.96. The van der Waals surface area contributed by atoms with Gasteiger partial charge in [-0.15, -0.1) is 4.91 Å². The van der Waals surface area contributed by atoms with Crippen LogP contribution >= 0.6 is 0 Å². The molecule has 1 aromatic heterocycles. The molecule has 1 amide bonds. The highest BCUT2D eigenvalue weighted by molar-refractivity contribution is 5.87. The van der Waals surface area contributed by atoms with Gasteiger partial charge in [-0.25, -0.2) is 10.4 Å². The van der Waals surface area contributed by atoms with Gasteiger partial charge in [-0.1, -0.05) is 0 Å². The Labute approximate surface area is 74.3 Å². The standard InChI is InChI=1S/C7H8N4O2/c1-5(12)9-7-3-2-6(4-8-7)10-11-13/h2-4H,1H3,(H,10,13)(H,8,9,12). The van der Waals surface area contributed by atoms with Crippen molar-refractivity contribution in [2.24, 2.45) is 5.29 Å². The third-order valence-electron chi connectivity index (χ3n) is 1.24. The quantitative estimate of drug-likeness (QED) is 0.539. The Bertz CT molecular complexity index is 309. The van der Waals surface area contributed by atoms with Gasteiger partial charge in [0.15, 0.2) is 0 Å². The molecule has 0 atom stereocenters. The smallest absolute Gasteiger partial charge is 0.222 e. The van der Waals surface area contributed by atoms with E-state index in [1.54, 1.807) is 12.1 Å². The minimum absolute atomic E-state index is 0.193. The monoisotopic (exact) mass is 180 g/mol. The summed E-state index contributed by atoms with van der Waals surface area (Å²) < 4.78 is 0. The minimum Gasteiger partial charge on any atom is -0.311 e. The molecule has 1 rings (SSSR count). The lowest BCUT2D eigenvalue weighted by atomic mass is 10.4. The SMILES string of the molecule is CC(=O)Nc1ccc(NN=O)cn1. The second kappa shape index (κ2) is 4.15. The number of hydrogen-bond acceptors (Lipinski definition) is 4. The second-order valence-electron chi connectivity index (χ2n) is 2.32. The fraction of sp³-hybridized carbons (Fsp3) is 0.143. The van der Waals surface area contributed by atoms with Crippen LogP contribution in [0.15, 0.2) is 23.6 Å². The average molecular weight is 180 g/mol. The van der Waals surface area contributed by atoms with Crippen LogP contribution in [0.5, 0.6) is 0 Å². The van der Waals surface area contributed by atoms with Crippen LogP contribution in [0.3, 0.4) is 0 Å². The number of carbonyl (C=O) groups excluding carboxylic acids is 1. The number of nitrogens with zero attached hydrogens (tertiary/aromatic N) is 2. The Kier molecular flexibility index (Phi) is 2.91. The molecule has 1 aromatic rings. The summed E-state index contributed by atoms with van der Waals surface area (Å²) in [5.74, 6) is 0.241. The summed E-state index contributed by atoms with van der Waals surface area (Å²) in [6, 6.07) is 3.15. The molecule has 13 heavy (non-hydrogen) atoms. The lowest BCUT2D eigenvalue weighted by Crippen LogP contribution is -2.07. The van der Waals surface area contributed by atoms with Crippen molar-refractivity contribution in [3.63, 3.8) is 0 Å². The predicted octanol–water partition coefficient (Wildman–Crippen LogP) is 1.13. The number of carbonyl (C=O) groups is 1. The molecule has 0 bridgehead atoms. The van der Waals surface area contributed by atoms with Gasteiger partial charge in [0, 0.05) is 6.92 Å². The molecule has 6 heteroatoms. The second-order valence-corrected chi connectivity index (χ2v) is 2.32. The maximum absolute atomic E-state index is 10.6. The van der Waals surface area contributed by atoms with E-state index in [0.717, 1.165) is 0 Å². The van der Waals surface area contributed by atoms with E-state index in [-0.39, 0.29) is 5.91 Å². The van der Waals surface area contributed by atoms with Crippen LogP contribution in [0.25, 0.3) is 0 Å². The largest absolute Gasteiger partial charge is 0.311 e. The fourth-order valence-electron chi connectivity index (χ4n) is 0.767. The molecule has 6 nitrogen and oxygen atoms in total. The maximum atomic E-state index is 10.6. The molecule has 0 aliphatic rings. The number of nitroso groups, excluding NO2 is 1. The maximum Gasteiger partial charge on any atom is 0.222 e. The fourth-order valence-corrected chi connectivity index (χ4v) is 0.767. The molecule has 2 N–H and O–H groups in total. The van der Waals surface area contributed by atoms with Crippen LogP contribution in [0.4, 0.5) is 11.5 Å². The highest BCUT2D eigenvalue weighted by atomic mass is 16.3. The zero-order chi connectivity index (χ0) is 9.68. The van der Waals surface area contributed by atoms with Gasteiger partial charge in [0.05, 0.1) is 17.2 Å². The van der Waals surface area contributed by atoms with E-state index >= 15 is 0 Å². The van der Waals surface area contributed by atoms with Crippen LogP contribution in [0.1, 0.15) is 6.92 Å². The van der Waals surface area contributed by atoms with Gasteiger partial charge in [0.1, 0.15) is 5.82 Å². The van der Waals surface area contributed by atoms with Gasteiger partial charge in [-0.3, -0.25) is 4.79 Å². The number of nitrogens with one attached hydrogen (secondary N) is 2. The minimum atomic E-state index is -0.193. The van der Waals surface area contributed by atoms with Crippen molar-refractivity contribution < 1.29 is 4.79 Å². The van der Waals surface area contributed by atoms with Crippen molar-refractivity contribution in [1.82, 2.24) is 4.98 Å². The zero-order valence-electron chi connectivity index (χ0n) is 6.94. The van der Waals surface area contributed by atoms with Gasteiger partial charge in [-0.2, -0.15) is 0 Å². The zero-order valence-corrected chi connectivity index (χ0v) is 6.94. The summed E-state index contributed by atoms with van der Waals surface area (Å²) in [6.07, 6.45) is 1.40. The lowest BCUT2D eigenvalue weighted by Gasteiger charge is -2.00. The van der Waals surface area contributed by atoms with Crippen LogP contribution in [0.2, 0.25) is 0 Å². The first kappa shape index (κ1) is 9.11. The summed E-state index contributed by atoms with van der Waals surface area (Å²) in [7, 11) is 0. The van der Waals surface area contributed by atoms with Crippen LogP contribution < -0.4 is 10.7 Å². The van der Waals surface area contributed by atoms with E-state index < -0.39 is 0 Å². The van der Waals surface area contributed by atoms with Gasteiger partial charge in [0.25, 0.3) is 0 Å². The van der Waals surface area contributed by atoms with E-state index in [1.807, 2.05) is 0 Å². The molecule has 68 valence electrons. The highest BCUT2D eigenvalue weighted by Crippen LogP contribution is 2.08. The molecule has 0 saturated carbocycles. The number of hydrogen-bond donors (Lipinski definition) is 2. The summed E-state index contributed by atoms with van der Waals surface area (Å²) >= 11 is 0. The van der Waals surface area contributed by atoms with E-state index in [1.165, 1.54) is 13.1 Å². The van der Waals surface area contributed by atoms with Crippen molar-refractivity contribution in [3.05, 3.63) is 23.2 Å². The number of pyridine rings is 1. The molecule has 1 heterocycles. The molecule has 0 aromatic carbocycles. The van der Waals surface area contributed by atoms with Crippen molar-refractivity contribution in [2.45, 2.75) is 6.92 Å². The molecule has 0 aliphatic carbocycles. The molecule has 0 aliphatic heterocycles. The first-order chi connectivity index (χ1) is 6.22. The Morgan fingerprint density at radius 3 is 2.77 bits per heavy atom. The Balaban J connectivity index is 2.69. The normalized spacial score (nSPS) is 9.00. The summed E-state index contributed by atoms with van der Waals surface area (Å²) in [4.78, 5) is 24.2. The molecule has 0 unspecified atom stereocenters. The molecule has 0 spiro atoms. The molecule has 0 fully saturated rings. The Morgan fingerprint density at radius 2 is 2.31 bits per heavy atom. The number of amides is 1. The van der Waals surface area contributed by atoms with Gasteiger partial charge >= 0.3 is 0 Å². The van der Waals surface area contributed by atoms with Gasteiger partial charge in [-0.05, 0) is 12.1 Å². The van der Waals surface area contributed by atoms with Crippen LogP contribution in [-0.4, -0.2) is 10.9 Å². The summed E-state index contributed by atoms with van der Waals surface area (Å²) in [5, 5.41) is 4.96. The van der Waals surface area contributed by atoms with E-state index in [0.29, 0.717) is 11.5 Å². The first-order valence-corrected chi connectivity index (χ1v) is 3.54. The lowest BCUT2D eigenvalue weighted by molar-refractivity contribution is -0.114. The number of aromatic nitrogens is 1. The molecule has 0 radical (unpaired) electrons. The van der Waals surface area contributed by atoms with Crippen molar-refractivity contribution in [1.29, 1.82) is 0 Å². The van der Waals surface area contributed by atoms with Crippen LogP contribution in [0, 0.1) is 4.91 Å². The van der Waals surface area contributed by atoms with E-state index in [2.05, 4.69) is 21.0 Å². The first-order valence-electron chi connectivity index (χ1n) is 3.54.